The van der Waals surface area contributed by atoms with Crippen LogP contribution in [0.25, 0.3) is 0 Å². The Morgan fingerprint density at radius 2 is 1.52 bits per heavy atom. The Morgan fingerprint density at radius 3 is 2.00 bits per heavy atom. The molecule has 0 aliphatic carbocycles. The van der Waals surface area contributed by atoms with E-state index in [1.54, 1.807) is 11.9 Å². The number of hydrogen-bond donors (Lipinski definition) is 2. The molecule has 25 heavy (non-hydrogen) atoms. The lowest BCUT2D eigenvalue weighted by molar-refractivity contribution is -0.122. The molecule has 0 saturated carbocycles. The van der Waals surface area contributed by atoms with Gasteiger partial charge in [0.05, 0.1) is 13.1 Å². The molecule has 2 amide bonds. The van der Waals surface area contributed by atoms with Crippen molar-refractivity contribution in [1.82, 2.24) is 10.2 Å². The first-order valence-corrected chi connectivity index (χ1v) is 9.14. The summed E-state index contributed by atoms with van der Waals surface area (Å²) in [5.74, 6) is 0.501. The van der Waals surface area contributed by atoms with Crippen LogP contribution in [0.2, 0.25) is 0 Å². The van der Waals surface area contributed by atoms with E-state index in [4.69, 9.17) is 0 Å². The van der Waals surface area contributed by atoms with Gasteiger partial charge in [-0.3, -0.25) is 14.5 Å². The van der Waals surface area contributed by atoms with Gasteiger partial charge in [-0.1, -0.05) is 52.8 Å². The van der Waals surface area contributed by atoms with E-state index in [0.29, 0.717) is 18.4 Å². The molecule has 0 saturated heterocycles. The van der Waals surface area contributed by atoms with E-state index in [1.807, 2.05) is 13.0 Å². The Balaban J connectivity index is 2.78. The van der Waals surface area contributed by atoms with Crippen molar-refractivity contribution in [2.75, 3.05) is 32.0 Å². The Labute approximate surface area is 152 Å². The van der Waals surface area contributed by atoms with Crippen molar-refractivity contribution < 1.29 is 9.59 Å². The summed E-state index contributed by atoms with van der Waals surface area (Å²) in [4.78, 5) is 26.0. The first-order valence-electron chi connectivity index (χ1n) is 9.14. The summed E-state index contributed by atoms with van der Waals surface area (Å²) in [6, 6.07) is 6.17. The van der Waals surface area contributed by atoms with Crippen LogP contribution in [0.5, 0.6) is 0 Å². The topological polar surface area (TPSA) is 61.4 Å². The van der Waals surface area contributed by atoms with Crippen molar-refractivity contribution in [3.63, 3.8) is 0 Å². The average Bonchev–Trinajstić information content (AvgIpc) is 2.52. The van der Waals surface area contributed by atoms with Crippen molar-refractivity contribution in [2.24, 2.45) is 0 Å². The molecular weight excluding hydrogens is 314 g/mol. The molecular formula is C20H33N3O2. The largest absolute Gasteiger partial charge is 0.355 e. The Morgan fingerprint density at radius 1 is 1.00 bits per heavy atom. The molecule has 0 aliphatic heterocycles. The summed E-state index contributed by atoms with van der Waals surface area (Å²) in [6.45, 7) is 11.6. The van der Waals surface area contributed by atoms with E-state index in [1.165, 1.54) is 0 Å². The maximum Gasteiger partial charge on any atom is 0.238 e. The number of likely N-dealkylation sites (N-methyl/N-ethyl adjacent to an activating group) is 1. The van der Waals surface area contributed by atoms with Gasteiger partial charge in [0.1, 0.15) is 0 Å². The fraction of sp³-hybridized carbons (Fsp3) is 0.600. The van der Waals surface area contributed by atoms with E-state index in [9.17, 15) is 9.59 Å². The lowest BCUT2D eigenvalue weighted by Crippen LogP contribution is -2.39. The first-order chi connectivity index (χ1) is 11.8. The van der Waals surface area contributed by atoms with Gasteiger partial charge in [0.15, 0.2) is 0 Å². The van der Waals surface area contributed by atoms with Gasteiger partial charge in [0.25, 0.3) is 0 Å². The minimum Gasteiger partial charge on any atom is -0.355 e. The molecule has 0 aliphatic rings. The lowest BCUT2D eigenvalue weighted by Gasteiger charge is -2.21. The molecule has 1 rings (SSSR count). The molecule has 140 valence electrons. The van der Waals surface area contributed by atoms with Crippen LogP contribution in [0.15, 0.2) is 18.2 Å². The van der Waals surface area contributed by atoms with Gasteiger partial charge in [0, 0.05) is 12.2 Å². The van der Waals surface area contributed by atoms with Gasteiger partial charge in [-0.25, -0.2) is 0 Å². The summed E-state index contributed by atoms with van der Waals surface area (Å²) >= 11 is 0. The standard InChI is InChI=1S/C20H33N3O2/c1-7-11-21-18(24)12-23(6)13-19(25)22-20-16(14(2)3)9-8-10-17(20)15(4)5/h8-10,14-15H,7,11-13H2,1-6H3,(H,21,24)(H,22,25). The van der Waals surface area contributed by atoms with Gasteiger partial charge in [-0.05, 0) is 36.4 Å². The number of anilines is 1. The van der Waals surface area contributed by atoms with Crippen molar-refractivity contribution in [3.05, 3.63) is 29.3 Å². The minimum absolute atomic E-state index is 0.0531. The molecule has 0 heterocycles. The van der Waals surface area contributed by atoms with Gasteiger partial charge in [-0.15, -0.1) is 0 Å². The quantitative estimate of drug-likeness (QED) is 0.720. The molecule has 0 atom stereocenters. The summed E-state index contributed by atoms with van der Waals surface area (Å²) in [5.41, 5.74) is 3.20. The number of para-hydroxylation sites is 1. The molecule has 0 spiro atoms. The van der Waals surface area contributed by atoms with Crippen LogP contribution in [0.3, 0.4) is 0 Å². The Bertz CT molecular complexity index is 556. The second-order valence-corrected chi connectivity index (χ2v) is 7.19. The van der Waals surface area contributed by atoms with Crippen LogP contribution in [-0.4, -0.2) is 43.4 Å². The fourth-order valence-electron chi connectivity index (χ4n) is 2.74. The smallest absolute Gasteiger partial charge is 0.238 e. The van der Waals surface area contributed by atoms with Crippen LogP contribution in [0, 0.1) is 0 Å². The third-order valence-corrected chi connectivity index (χ3v) is 4.04. The highest BCUT2D eigenvalue weighted by atomic mass is 16.2. The lowest BCUT2D eigenvalue weighted by atomic mass is 9.92. The maximum absolute atomic E-state index is 12.5. The van der Waals surface area contributed by atoms with Crippen LogP contribution in [-0.2, 0) is 9.59 Å². The van der Waals surface area contributed by atoms with E-state index in [0.717, 1.165) is 23.2 Å². The Kier molecular flexibility index (Phi) is 8.62. The van der Waals surface area contributed by atoms with Crippen LogP contribution in [0.1, 0.15) is 64.0 Å². The predicted molar refractivity (Wildman–Crippen MR) is 104 cm³/mol. The second-order valence-electron chi connectivity index (χ2n) is 7.19. The maximum atomic E-state index is 12.5. The number of carbonyl (C=O) groups is 2. The second kappa shape index (κ2) is 10.2. The zero-order valence-corrected chi connectivity index (χ0v) is 16.5. The van der Waals surface area contributed by atoms with Gasteiger partial charge in [-0.2, -0.15) is 0 Å². The summed E-state index contributed by atoms with van der Waals surface area (Å²) in [6.07, 6.45) is 0.903. The molecule has 0 fully saturated rings. The SMILES string of the molecule is CCCNC(=O)CN(C)CC(=O)Nc1c(C(C)C)cccc1C(C)C. The van der Waals surface area contributed by atoms with Crippen LogP contribution >= 0.6 is 0 Å². The van der Waals surface area contributed by atoms with Crippen molar-refractivity contribution in [3.8, 4) is 0 Å². The zero-order chi connectivity index (χ0) is 19.0. The number of carbonyl (C=O) groups excluding carboxylic acids is 2. The van der Waals surface area contributed by atoms with E-state index < -0.39 is 0 Å². The molecule has 0 unspecified atom stereocenters. The zero-order valence-electron chi connectivity index (χ0n) is 16.5. The van der Waals surface area contributed by atoms with Crippen LogP contribution < -0.4 is 10.6 Å². The van der Waals surface area contributed by atoms with Crippen LogP contribution in [0.4, 0.5) is 5.69 Å². The summed E-state index contributed by atoms with van der Waals surface area (Å²) < 4.78 is 0. The van der Waals surface area contributed by atoms with E-state index in [2.05, 4.69) is 50.5 Å². The molecule has 0 bridgehead atoms. The van der Waals surface area contributed by atoms with Crippen molar-refractivity contribution in [2.45, 2.75) is 52.9 Å². The monoisotopic (exact) mass is 347 g/mol. The number of nitrogens with one attached hydrogen (secondary N) is 2. The number of amides is 2. The highest BCUT2D eigenvalue weighted by Gasteiger charge is 2.17. The average molecular weight is 348 g/mol. The first kappa shape index (κ1) is 21.2. The molecule has 0 aromatic heterocycles. The summed E-state index contributed by atoms with van der Waals surface area (Å²) in [5, 5.41) is 5.90. The van der Waals surface area contributed by atoms with E-state index >= 15 is 0 Å². The normalized spacial score (nSPS) is 11.2. The van der Waals surface area contributed by atoms with Gasteiger partial charge < -0.3 is 10.6 Å². The fourth-order valence-corrected chi connectivity index (χ4v) is 2.74. The van der Waals surface area contributed by atoms with Crippen molar-refractivity contribution >= 4 is 17.5 Å². The van der Waals surface area contributed by atoms with Crippen molar-refractivity contribution in [1.29, 1.82) is 0 Å². The highest BCUT2D eigenvalue weighted by molar-refractivity contribution is 5.94. The van der Waals surface area contributed by atoms with Gasteiger partial charge >= 0.3 is 0 Å². The Hall–Kier alpha value is -1.88. The minimum atomic E-state index is -0.0965. The molecule has 1 aromatic rings. The number of hydrogen-bond acceptors (Lipinski definition) is 3. The molecule has 5 nitrogen and oxygen atoms in total. The number of benzene rings is 1. The van der Waals surface area contributed by atoms with E-state index in [-0.39, 0.29) is 24.9 Å². The van der Waals surface area contributed by atoms with Gasteiger partial charge in [0.2, 0.25) is 11.8 Å². The summed E-state index contributed by atoms with van der Waals surface area (Å²) in [7, 11) is 1.78. The number of rotatable bonds is 9. The molecule has 0 radical (unpaired) electrons. The predicted octanol–water partition coefficient (Wildman–Crippen LogP) is 3.33. The third kappa shape index (κ3) is 6.86. The number of nitrogens with zero attached hydrogens (tertiary/aromatic N) is 1. The third-order valence-electron chi connectivity index (χ3n) is 4.04. The highest BCUT2D eigenvalue weighted by Crippen LogP contribution is 2.32. The molecule has 2 N–H and O–H groups in total. The molecule has 5 heteroatoms. The molecule has 1 aromatic carbocycles.